The van der Waals surface area contributed by atoms with E-state index in [-0.39, 0.29) is 18.7 Å². The molecule has 2 N–H and O–H groups in total. The Morgan fingerprint density at radius 3 is 2.00 bits per heavy atom. The Bertz CT molecular complexity index is 552. The number of aliphatic hydroxyl groups excluding tert-OH is 1. The second kappa shape index (κ2) is 6.74. The summed E-state index contributed by atoms with van der Waals surface area (Å²) in [6, 6.07) is 12.9. The van der Waals surface area contributed by atoms with Crippen molar-refractivity contribution in [3.8, 4) is 0 Å². The molecule has 21 heavy (non-hydrogen) atoms. The highest BCUT2D eigenvalue weighted by molar-refractivity contribution is 5.23. The molecule has 0 saturated heterocycles. The summed E-state index contributed by atoms with van der Waals surface area (Å²) < 4.78 is 39.4. The normalized spacial score (nSPS) is 13.1. The van der Waals surface area contributed by atoms with E-state index in [4.69, 9.17) is 5.11 Å². The molecule has 2 nitrogen and oxygen atoms in total. The van der Waals surface area contributed by atoms with Gasteiger partial charge in [-0.15, -0.1) is 0 Å². The van der Waals surface area contributed by atoms with Crippen LogP contribution in [0.15, 0.2) is 54.6 Å². The van der Waals surface area contributed by atoms with Gasteiger partial charge >= 0.3 is 6.18 Å². The lowest BCUT2D eigenvalue weighted by Crippen LogP contribution is -2.33. The molecule has 1 atom stereocenters. The Labute approximate surface area is 121 Å². The van der Waals surface area contributed by atoms with Crippen molar-refractivity contribution >= 4 is 0 Å². The molecular formula is C16H16F3NO. The standard InChI is InChI=1S/C16H16F3NO/c17-16(18,19)15(14-4-2-1-3-5-14)20-10-12-6-8-13(11-21)9-7-12/h1-9,15,20-21H,10-11H2. The van der Waals surface area contributed by atoms with Crippen molar-refractivity contribution in [2.45, 2.75) is 25.4 Å². The summed E-state index contributed by atoms with van der Waals surface area (Å²) in [5.74, 6) is 0. The Balaban J connectivity index is 2.09. The lowest BCUT2D eigenvalue weighted by atomic mass is 10.1. The van der Waals surface area contributed by atoms with Gasteiger partial charge in [-0.1, -0.05) is 54.6 Å². The van der Waals surface area contributed by atoms with Gasteiger partial charge in [-0.25, -0.2) is 0 Å². The number of rotatable bonds is 5. The third-order valence-corrected chi connectivity index (χ3v) is 3.18. The number of aliphatic hydroxyl groups is 1. The SMILES string of the molecule is OCc1ccc(CNC(c2ccccc2)C(F)(F)F)cc1. The van der Waals surface area contributed by atoms with Gasteiger partial charge in [0.2, 0.25) is 0 Å². The lowest BCUT2D eigenvalue weighted by molar-refractivity contribution is -0.158. The second-order valence-electron chi connectivity index (χ2n) is 4.74. The first-order valence-corrected chi connectivity index (χ1v) is 6.54. The summed E-state index contributed by atoms with van der Waals surface area (Å²) >= 11 is 0. The van der Waals surface area contributed by atoms with Crippen LogP contribution in [0.25, 0.3) is 0 Å². The minimum absolute atomic E-state index is 0.0805. The minimum Gasteiger partial charge on any atom is -0.392 e. The third-order valence-electron chi connectivity index (χ3n) is 3.18. The first-order valence-electron chi connectivity index (χ1n) is 6.54. The number of hydrogen-bond donors (Lipinski definition) is 2. The third kappa shape index (κ3) is 4.31. The molecular weight excluding hydrogens is 279 g/mol. The van der Waals surface area contributed by atoms with Crippen LogP contribution < -0.4 is 5.32 Å². The smallest absolute Gasteiger partial charge is 0.392 e. The number of hydrogen-bond acceptors (Lipinski definition) is 2. The predicted octanol–water partition coefficient (Wildman–Crippen LogP) is 3.57. The van der Waals surface area contributed by atoms with Gasteiger partial charge in [-0.2, -0.15) is 13.2 Å². The molecule has 0 heterocycles. The van der Waals surface area contributed by atoms with Gasteiger partial charge in [0.05, 0.1) is 6.61 Å². The molecule has 1 unspecified atom stereocenters. The van der Waals surface area contributed by atoms with Crippen LogP contribution in [0.4, 0.5) is 13.2 Å². The van der Waals surface area contributed by atoms with Crippen LogP contribution in [-0.2, 0) is 13.2 Å². The molecule has 0 spiro atoms. The van der Waals surface area contributed by atoms with Crippen molar-refractivity contribution in [3.63, 3.8) is 0 Å². The molecule has 2 aromatic rings. The van der Waals surface area contributed by atoms with Gasteiger partial charge in [-0.05, 0) is 16.7 Å². The second-order valence-corrected chi connectivity index (χ2v) is 4.74. The highest BCUT2D eigenvalue weighted by Gasteiger charge is 2.40. The molecule has 0 radical (unpaired) electrons. The zero-order valence-corrected chi connectivity index (χ0v) is 11.3. The van der Waals surface area contributed by atoms with Crippen LogP contribution in [0.2, 0.25) is 0 Å². The van der Waals surface area contributed by atoms with Crippen LogP contribution in [0.5, 0.6) is 0 Å². The van der Waals surface area contributed by atoms with Gasteiger partial charge in [0.15, 0.2) is 0 Å². The monoisotopic (exact) mass is 295 g/mol. The van der Waals surface area contributed by atoms with Gasteiger partial charge in [0.1, 0.15) is 6.04 Å². The average Bonchev–Trinajstić information content (AvgIpc) is 2.48. The summed E-state index contributed by atoms with van der Waals surface area (Å²) in [4.78, 5) is 0. The first-order chi connectivity index (χ1) is 10.0. The number of alkyl halides is 3. The van der Waals surface area contributed by atoms with Crippen LogP contribution in [-0.4, -0.2) is 11.3 Å². The van der Waals surface area contributed by atoms with E-state index in [2.05, 4.69) is 5.32 Å². The molecule has 0 fully saturated rings. The fraction of sp³-hybridized carbons (Fsp3) is 0.250. The Morgan fingerprint density at radius 1 is 0.905 bits per heavy atom. The maximum Gasteiger partial charge on any atom is 0.407 e. The topological polar surface area (TPSA) is 32.3 Å². The molecule has 0 aliphatic heterocycles. The summed E-state index contributed by atoms with van der Waals surface area (Å²) in [5.41, 5.74) is 1.66. The van der Waals surface area contributed by atoms with Gasteiger partial charge < -0.3 is 5.11 Å². The average molecular weight is 295 g/mol. The van der Waals surface area contributed by atoms with E-state index < -0.39 is 12.2 Å². The number of nitrogens with one attached hydrogen (secondary N) is 1. The van der Waals surface area contributed by atoms with Crippen molar-refractivity contribution in [2.24, 2.45) is 0 Å². The largest absolute Gasteiger partial charge is 0.407 e. The fourth-order valence-electron chi connectivity index (χ4n) is 2.05. The predicted molar refractivity (Wildman–Crippen MR) is 74.4 cm³/mol. The summed E-state index contributed by atoms with van der Waals surface area (Å²) in [5, 5.41) is 11.5. The number of benzene rings is 2. The van der Waals surface area contributed by atoms with Crippen molar-refractivity contribution in [1.29, 1.82) is 0 Å². The summed E-state index contributed by atoms with van der Waals surface area (Å²) in [6.45, 7) is 0.0215. The van der Waals surface area contributed by atoms with Crippen LogP contribution in [0.1, 0.15) is 22.7 Å². The molecule has 112 valence electrons. The van der Waals surface area contributed by atoms with Gasteiger partial charge in [0.25, 0.3) is 0 Å². The maximum atomic E-state index is 13.1. The molecule has 2 aromatic carbocycles. The van der Waals surface area contributed by atoms with Crippen molar-refractivity contribution in [3.05, 3.63) is 71.3 Å². The molecule has 0 aromatic heterocycles. The zero-order chi connectivity index (χ0) is 15.3. The van der Waals surface area contributed by atoms with E-state index >= 15 is 0 Å². The Kier molecular flexibility index (Phi) is 4.98. The van der Waals surface area contributed by atoms with Crippen molar-refractivity contribution in [2.75, 3.05) is 0 Å². The Hall–Kier alpha value is -1.85. The summed E-state index contributed by atoms with van der Waals surface area (Å²) in [6.07, 6.45) is -4.35. The molecule has 0 bridgehead atoms. The highest BCUT2D eigenvalue weighted by atomic mass is 19.4. The molecule has 5 heteroatoms. The fourth-order valence-corrected chi connectivity index (χ4v) is 2.05. The quantitative estimate of drug-likeness (QED) is 0.884. The van der Waals surface area contributed by atoms with Crippen LogP contribution in [0, 0.1) is 0 Å². The molecule has 0 amide bonds. The molecule has 0 saturated carbocycles. The van der Waals surface area contributed by atoms with E-state index in [1.807, 2.05) is 0 Å². The molecule has 0 aliphatic rings. The zero-order valence-electron chi connectivity index (χ0n) is 11.3. The Morgan fingerprint density at radius 2 is 1.48 bits per heavy atom. The van der Waals surface area contributed by atoms with Crippen LogP contribution in [0.3, 0.4) is 0 Å². The number of halogens is 3. The molecule has 0 aliphatic carbocycles. The van der Waals surface area contributed by atoms with Gasteiger partial charge in [-0.3, -0.25) is 5.32 Å². The van der Waals surface area contributed by atoms with Crippen LogP contribution >= 0.6 is 0 Å². The van der Waals surface area contributed by atoms with E-state index in [1.54, 1.807) is 42.5 Å². The van der Waals surface area contributed by atoms with Crippen molar-refractivity contribution in [1.82, 2.24) is 5.32 Å². The highest BCUT2D eigenvalue weighted by Crippen LogP contribution is 2.32. The van der Waals surface area contributed by atoms with E-state index in [0.29, 0.717) is 0 Å². The first kappa shape index (κ1) is 15.5. The van der Waals surface area contributed by atoms with E-state index in [1.165, 1.54) is 12.1 Å². The minimum atomic E-state index is -4.35. The van der Waals surface area contributed by atoms with Crippen molar-refractivity contribution < 1.29 is 18.3 Å². The lowest BCUT2D eigenvalue weighted by Gasteiger charge is -2.22. The molecule has 2 rings (SSSR count). The van der Waals surface area contributed by atoms with E-state index in [0.717, 1.165) is 11.1 Å². The maximum absolute atomic E-state index is 13.1. The summed E-state index contributed by atoms with van der Waals surface area (Å²) in [7, 11) is 0. The van der Waals surface area contributed by atoms with Gasteiger partial charge in [0, 0.05) is 6.54 Å². The van der Waals surface area contributed by atoms with E-state index in [9.17, 15) is 13.2 Å².